The summed E-state index contributed by atoms with van der Waals surface area (Å²) >= 11 is 12.2. The number of aromatic amines is 1. The summed E-state index contributed by atoms with van der Waals surface area (Å²) < 4.78 is 1.88. The van der Waals surface area contributed by atoms with E-state index in [1.165, 1.54) is 0 Å². The Bertz CT molecular complexity index is 1210. The van der Waals surface area contributed by atoms with Crippen LogP contribution in [0.25, 0.3) is 11.3 Å². The van der Waals surface area contributed by atoms with E-state index in [1.54, 1.807) is 24.3 Å². The third-order valence-corrected chi connectivity index (χ3v) is 5.37. The van der Waals surface area contributed by atoms with E-state index in [9.17, 15) is 4.79 Å². The fourth-order valence-corrected chi connectivity index (χ4v) is 3.75. The number of aryl methyl sites for hydroxylation is 1. The molecule has 0 aliphatic rings. The maximum atomic E-state index is 12.8. The number of hydrogen-bond acceptors (Lipinski definition) is 3. The molecule has 0 saturated carbocycles. The number of hydrogen-bond donors (Lipinski definition) is 2. The van der Waals surface area contributed by atoms with Crippen LogP contribution in [0.2, 0.25) is 10.0 Å². The monoisotopic (exact) mass is 439 g/mol. The number of aromatic nitrogens is 4. The molecule has 8 heteroatoms. The van der Waals surface area contributed by atoms with Gasteiger partial charge < -0.3 is 5.32 Å². The molecule has 2 heterocycles. The van der Waals surface area contributed by atoms with Crippen LogP contribution in [-0.4, -0.2) is 25.9 Å². The summed E-state index contributed by atoms with van der Waals surface area (Å²) in [6.45, 7) is 4.44. The van der Waals surface area contributed by atoms with E-state index >= 15 is 0 Å². The molecule has 2 N–H and O–H groups in total. The average molecular weight is 440 g/mol. The van der Waals surface area contributed by atoms with Crippen LogP contribution in [0.3, 0.4) is 0 Å². The van der Waals surface area contributed by atoms with Crippen molar-refractivity contribution in [3.63, 3.8) is 0 Å². The Hall–Kier alpha value is -3.09. The molecular weight excluding hydrogens is 421 g/mol. The van der Waals surface area contributed by atoms with Crippen molar-refractivity contribution in [2.75, 3.05) is 5.32 Å². The van der Waals surface area contributed by atoms with Crippen molar-refractivity contribution in [1.82, 2.24) is 20.0 Å². The van der Waals surface area contributed by atoms with Crippen molar-refractivity contribution < 1.29 is 4.79 Å². The maximum Gasteiger partial charge on any atom is 0.273 e. The predicted octanol–water partition coefficient (Wildman–Crippen LogP) is 5.50. The lowest BCUT2D eigenvalue weighted by molar-refractivity contribution is 0.102. The summed E-state index contributed by atoms with van der Waals surface area (Å²) in [6, 6.07) is 16.8. The van der Waals surface area contributed by atoms with Crippen molar-refractivity contribution in [2.24, 2.45) is 0 Å². The molecule has 152 valence electrons. The normalized spacial score (nSPS) is 10.9. The number of benzene rings is 2. The molecular formula is C22H19Cl2N5O. The van der Waals surface area contributed by atoms with Crippen LogP contribution in [0, 0.1) is 13.8 Å². The van der Waals surface area contributed by atoms with E-state index in [4.69, 9.17) is 23.2 Å². The SMILES string of the molecule is Cc1nn(Cc2ccccc2)c(C)c1NC(=O)c1cc(-c2ccc(Cl)cc2Cl)n[nH]1. The summed E-state index contributed by atoms with van der Waals surface area (Å²) in [5, 5.41) is 15.5. The van der Waals surface area contributed by atoms with Gasteiger partial charge in [0, 0.05) is 10.6 Å². The highest BCUT2D eigenvalue weighted by Gasteiger charge is 2.18. The highest BCUT2D eigenvalue weighted by Crippen LogP contribution is 2.29. The van der Waals surface area contributed by atoms with Crippen LogP contribution in [0.1, 0.15) is 27.4 Å². The molecule has 2 aromatic carbocycles. The molecule has 4 aromatic rings. The number of halogens is 2. The molecule has 0 saturated heterocycles. The van der Waals surface area contributed by atoms with Gasteiger partial charge in [-0.1, -0.05) is 53.5 Å². The first-order valence-electron chi connectivity index (χ1n) is 9.32. The minimum Gasteiger partial charge on any atom is -0.318 e. The molecule has 6 nitrogen and oxygen atoms in total. The summed E-state index contributed by atoms with van der Waals surface area (Å²) in [4.78, 5) is 12.8. The number of carbonyl (C=O) groups is 1. The molecule has 30 heavy (non-hydrogen) atoms. The highest BCUT2D eigenvalue weighted by molar-refractivity contribution is 6.36. The van der Waals surface area contributed by atoms with Gasteiger partial charge in [-0.25, -0.2) is 0 Å². The van der Waals surface area contributed by atoms with Gasteiger partial charge >= 0.3 is 0 Å². The number of anilines is 1. The number of nitrogens with zero attached hydrogens (tertiary/aromatic N) is 3. The third kappa shape index (κ3) is 4.10. The fraction of sp³-hybridized carbons (Fsp3) is 0.136. The lowest BCUT2D eigenvalue weighted by atomic mass is 10.1. The molecule has 0 fully saturated rings. The van der Waals surface area contributed by atoms with Crippen molar-refractivity contribution in [1.29, 1.82) is 0 Å². The molecule has 0 unspecified atom stereocenters. The fourth-order valence-electron chi connectivity index (χ4n) is 3.24. The zero-order valence-corrected chi connectivity index (χ0v) is 17.9. The number of rotatable bonds is 5. The lowest BCUT2D eigenvalue weighted by Gasteiger charge is -2.06. The molecule has 1 amide bonds. The minimum absolute atomic E-state index is 0.302. The summed E-state index contributed by atoms with van der Waals surface area (Å²) in [7, 11) is 0. The first kappa shape index (κ1) is 20.2. The molecule has 0 bridgehead atoms. The van der Waals surface area contributed by atoms with E-state index in [1.807, 2.05) is 48.9 Å². The van der Waals surface area contributed by atoms with Crippen molar-refractivity contribution in [3.8, 4) is 11.3 Å². The Labute approximate surface area is 183 Å². The largest absolute Gasteiger partial charge is 0.318 e. The Morgan fingerprint density at radius 1 is 1.10 bits per heavy atom. The molecule has 4 rings (SSSR count). The van der Waals surface area contributed by atoms with Gasteiger partial charge in [-0.05, 0) is 43.7 Å². The second kappa shape index (κ2) is 8.34. The van der Waals surface area contributed by atoms with E-state index in [0.29, 0.717) is 39.2 Å². The van der Waals surface area contributed by atoms with Crippen LogP contribution in [0.5, 0.6) is 0 Å². The predicted molar refractivity (Wildman–Crippen MR) is 119 cm³/mol. The minimum atomic E-state index is -0.302. The van der Waals surface area contributed by atoms with E-state index in [0.717, 1.165) is 17.0 Å². The van der Waals surface area contributed by atoms with E-state index in [2.05, 4.69) is 20.6 Å². The Morgan fingerprint density at radius 2 is 1.87 bits per heavy atom. The first-order chi connectivity index (χ1) is 14.4. The second-order valence-corrected chi connectivity index (χ2v) is 7.78. The molecule has 2 aromatic heterocycles. The molecule has 0 atom stereocenters. The average Bonchev–Trinajstić information content (AvgIpc) is 3.30. The maximum absolute atomic E-state index is 12.8. The molecule has 0 radical (unpaired) electrons. The van der Waals surface area contributed by atoms with Gasteiger partial charge in [0.2, 0.25) is 0 Å². The Balaban J connectivity index is 1.54. The zero-order valence-electron chi connectivity index (χ0n) is 16.4. The van der Waals surface area contributed by atoms with Gasteiger partial charge in [0.1, 0.15) is 5.69 Å². The summed E-state index contributed by atoms with van der Waals surface area (Å²) in [5.74, 6) is -0.302. The van der Waals surface area contributed by atoms with Gasteiger partial charge in [-0.2, -0.15) is 10.2 Å². The van der Waals surface area contributed by atoms with E-state index < -0.39 is 0 Å². The molecule has 0 spiro atoms. The van der Waals surface area contributed by atoms with Gasteiger partial charge in [0.25, 0.3) is 5.91 Å². The smallest absolute Gasteiger partial charge is 0.273 e. The quantitative estimate of drug-likeness (QED) is 0.431. The van der Waals surface area contributed by atoms with Crippen molar-refractivity contribution in [3.05, 3.63) is 87.3 Å². The topological polar surface area (TPSA) is 75.6 Å². The number of carbonyl (C=O) groups excluding carboxylic acids is 1. The standard InChI is InChI=1S/C22H19Cl2N5O/c1-13-21(14(2)29(28-13)12-15-6-4-3-5-7-15)25-22(30)20-11-19(26-27-20)17-9-8-16(23)10-18(17)24/h3-11H,12H2,1-2H3,(H,25,30)(H,26,27). The second-order valence-electron chi connectivity index (χ2n) is 6.93. The van der Waals surface area contributed by atoms with Gasteiger partial charge in [-0.15, -0.1) is 0 Å². The summed E-state index contributed by atoms with van der Waals surface area (Å²) in [5.41, 5.74) is 5.04. The summed E-state index contributed by atoms with van der Waals surface area (Å²) in [6.07, 6.45) is 0. The van der Waals surface area contributed by atoms with Crippen LogP contribution >= 0.6 is 23.2 Å². The Kier molecular flexibility index (Phi) is 5.61. The van der Waals surface area contributed by atoms with Gasteiger partial charge in [0.15, 0.2) is 0 Å². The third-order valence-electron chi connectivity index (χ3n) is 4.82. The van der Waals surface area contributed by atoms with Crippen LogP contribution in [0.4, 0.5) is 5.69 Å². The number of amides is 1. The molecule has 0 aliphatic carbocycles. The van der Waals surface area contributed by atoms with Crippen molar-refractivity contribution in [2.45, 2.75) is 20.4 Å². The first-order valence-corrected chi connectivity index (χ1v) is 10.1. The van der Waals surface area contributed by atoms with Gasteiger partial charge in [-0.3, -0.25) is 14.6 Å². The highest BCUT2D eigenvalue weighted by atomic mass is 35.5. The van der Waals surface area contributed by atoms with Crippen molar-refractivity contribution >= 4 is 34.8 Å². The van der Waals surface area contributed by atoms with Gasteiger partial charge in [0.05, 0.1) is 34.3 Å². The van der Waals surface area contributed by atoms with Crippen LogP contribution in [0.15, 0.2) is 54.6 Å². The number of nitrogens with one attached hydrogen (secondary N) is 2. The van der Waals surface area contributed by atoms with E-state index in [-0.39, 0.29) is 5.91 Å². The van der Waals surface area contributed by atoms with Crippen LogP contribution < -0.4 is 5.32 Å². The lowest BCUT2D eigenvalue weighted by Crippen LogP contribution is -2.14. The number of H-pyrrole nitrogens is 1. The zero-order chi connectivity index (χ0) is 21.3. The van der Waals surface area contributed by atoms with Crippen LogP contribution in [-0.2, 0) is 6.54 Å². The Morgan fingerprint density at radius 3 is 2.60 bits per heavy atom. The molecule has 0 aliphatic heterocycles.